The lowest BCUT2D eigenvalue weighted by atomic mass is 10.1. The van der Waals surface area contributed by atoms with Crippen LogP contribution in [0.5, 0.6) is 0 Å². The van der Waals surface area contributed by atoms with Crippen LogP contribution in [0.3, 0.4) is 0 Å². The number of methoxy groups -OCH3 is 1. The normalized spacial score (nSPS) is 17.9. The fourth-order valence-electron chi connectivity index (χ4n) is 2.84. The van der Waals surface area contributed by atoms with Crippen LogP contribution < -0.4 is 0 Å². The summed E-state index contributed by atoms with van der Waals surface area (Å²) >= 11 is 0. The van der Waals surface area contributed by atoms with E-state index in [1.165, 1.54) is 0 Å². The zero-order chi connectivity index (χ0) is 15.4. The molecule has 0 spiro atoms. The Morgan fingerprint density at radius 2 is 2.23 bits per heavy atom. The molecule has 0 aliphatic carbocycles. The molecule has 1 aliphatic heterocycles. The van der Waals surface area contributed by atoms with E-state index >= 15 is 0 Å². The molecular formula is C16H20N4O2. The van der Waals surface area contributed by atoms with Gasteiger partial charge in [0.25, 0.3) is 0 Å². The smallest absolute Gasteiger partial charge is 0.229 e. The average Bonchev–Trinajstić information content (AvgIpc) is 2.87. The van der Waals surface area contributed by atoms with Gasteiger partial charge in [0.2, 0.25) is 5.91 Å². The van der Waals surface area contributed by atoms with Crippen LogP contribution in [0, 0.1) is 5.92 Å². The summed E-state index contributed by atoms with van der Waals surface area (Å²) in [5.41, 5.74) is 0.795. The lowest BCUT2D eigenvalue weighted by Gasteiger charge is -2.23. The van der Waals surface area contributed by atoms with Gasteiger partial charge in [-0.1, -0.05) is 6.07 Å². The highest BCUT2D eigenvalue weighted by molar-refractivity contribution is 5.78. The predicted octanol–water partition coefficient (Wildman–Crippen LogP) is 1.13. The highest BCUT2D eigenvalue weighted by Crippen LogP contribution is 2.16. The number of imidazole rings is 1. The van der Waals surface area contributed by atoms with E-state index < -0.39 is 0 Å². The van der Waals surface area contributed by atoms with Crippen molar-refractivity contribution in [1.29, 1.82) is 0 Å². The first-order valence-electron chi connectivity index (χ1n) is 7.43. The van der Waals surface area contributed by atoms with E-state index in [-0.39, 0.29) is 11.8 Å². The van der Waals surface area contributed by atoms with Crippen LogP contribution in [0.4, 0.5) is 0 Å². The molecule has 116 valence electrons. The first kappa shape index (κ1) is 14.7. The zero-order valence-electron chi connectivity index (χ0n) is 12.7. The topological polar surface area (TPSA) is 60.2 Å². The number of amides is 1. The average molecular weight is 300 g/mol. The number of carbonyl (C=O) groups excluding carboxylic acids is 1. The van der Waals surface area contributed by atoms with Crippen molar-refractivity contribution < 1.29 is 9.53 Å². The van der Waals surface area contributed by atoms with Crippen molar-refractivity contribution in [1.82, 2.24) is 19.4 Å². The summed E-state index contributed by atoms with van der Waals surface area (Å²) in [7, 11) is 1.69. The van der Waals surface area contributed by atoms with Gasteiger partial charge in [-0.05, 0) is 12.1 Å². The van der Waals surface area contributed by atoms with Crippen molar-refractivity contribution in [2.75, 3.05) is 20.3 Å². The number of rotatable bonds is 4. The molecule has 0 fully saturated rings. The van der Waals surface area contributed by atoms with Crippen LogP contribution in [0.2, 0.25) is 0 Å². The Hall–Kier alpha value is -2.21. The maximum absolute atomic E-state index is 12.6. The van der Waals surface area contributed by atoms with Gasteiger partial charge in [-0.15, -0.1) is 0 Å². The molecular weight excluding hydrogens is 280 g/mol. The third-order valence-corrected chi connectivity index (χ3v) is 3.88. The predicted molar refractivity (Wildman–Crippen MR) is 81.0 cm³/mol. The summed E-state index contributed by atoms with van der Waals surface area (Å²) in [6.07, 6.45) is 5.78. The van der Waals surface area contributed by atoms with Gasteiger partial charge >= 0.3 is 0 Å². The monoisotopic (exact) mass is 300 g/mol. The number of nitrogens with zero attached hydrogens (tertiary/aromatic N) is 4. The van der Waals surface area contributed by atoms with Gasteiger partial charge in [-0.3, -0.25) is 9.78 Å². The standard InChI is InChI=1S/C16H20N4O2/c1-22-12-13-9-19-7-6-18-15(19)11-20(10-13)16(21)8-14-4-2-3-5-17-14/h2-7,13H,8-12H2,1H3. The lowest BCUT2D eigenvalue weighted by molar-refractivity contribution is -0.132. The Labute approximate surface area is 129 Å². The van der Waals surface area contributed by atoms with Crippen LogP contribution in [-0.2, 0) is 29.0 Å². The van der Waals surface area contributed by atoms with Crippen LogP contribution in [0.1, 0.15) is 11.5 Å². The van der Waals surface area contributed by atoms with Gasteiger partial charge in [0.05, 0.1) is 19.6 Å². The molecule has 22 heavy (non-hydrogen) atoms. The third kappa shape index (κ3) is 3.33. The molecule has 0 bridgehead atoms. The summed E-state index contributed by atoms with van der Waals surface area (Å²) in [5, 5.41) is 0. The van der Waals surface area contributed by atoms with E-state index in [0.29, 0.717) is 26.1 Å². The molecule has 2 aromatic heterocycles. The summed E-state index contributed by atoms with van der Waals surface area (Å²) in [5.74, 6) is 1.28. The van der Waals surface area contributed by atoms with E-state index in [4.69, 9.17) is 4.74 Å². The van der Waals surface area contributed by atoms with Crippen molar-refractivity contribution in [3.63, 3.8) is 0 Å². The molecule has 2 aromatic rings. The molecule has 0 saturated carbocycles. The van der Waals surface area contributed by atoms with Gasteiger partial charge in [-0.25, -0.2) is 4.98 Å². The number of hydrogen-bond donors (Lipinski definition) is 0. The molecule has 1 aliphatic rings. The maximum atomic E-state index is 12.6. The van der Waals surface area contributed by atoms with E-state index in [9.17, 15) is 4.79 Å². The van der Waals surface area contributed by atoms with Crippen molar-refractivity contribution in [2.45, 2.75) is 19.5 Å². The summed E-state index contributed by atoms with van der Waals surface area (Å²) in [4.78, 5) is 23.1. The molecule has 0 radical (unpaired) electrons. The molecule has 3 rings (SSSR count). The number of ether oxygens (including phenoxy) is 1. The third-order valence-electron chi connectivity index (χ3n) is 3.88. The molecule has 1 unspecified atom stereocenters. The number of hydrogen-bond acceptors (Lipinski definition) is 4. The molecule has 6 heteroatoms. The minimum atomic E-state index is 0.0799. The quantitative estimate of drug-likeness (QED) is 0.849. The summed E-state index contributed by atoms with van der Waals surface area (Å²) in [6.45, 7) is 2.68. The van der Waals surface area contributed by atoms with Crippen LogP contribution in [-0.4, -0.2) is 45.6 Å². The Bertz CT molecular complexity index is 626. The fourth-order valence-corrected chi connectivity index (χ4v) is 2.84. The van der Waals surface area contributed by atoms with Gasteiger partial charge in [0.1, 0.15) is 5.82 Å². The van der Waals surface area contributed by atoms with Gasteiger partial charge in [-0.2, -0.15) is 0 Å². The van der Waals surface area contributed by atoms with Crippen molar-refractivity contribution in [3.8, 4) is 0 Å². The fraction of sp³-hybridized carbons (Fsp3) is 0.438. The molecule has 3 heterocycles. The SMILES string of the molecule is COCC1CN(C(=O)Cc2ccccn2)Cc2nccn2C1. The number of fused-ring (bicyclic) bond motifs is 1. The van der Waals surface area contributed by atoms with Crippen molar-refractivity contribution >= 4 is 5.91 Å². The molecule has 1 amide bonds. The highest BCUT2D eigenvalue weighted by Gasteiger charge is 2.25. The zero-order valence-corrected chi connectivity index (χ0v) is 12.7. The van der Waals surface area contributed by atoms with Crippen LogP contribution in [0.15, 0.2) is 36.8 Å². The number of aromatic nitrogens is 3. The van der Waals surface area contributed by atoms with E-state index in [1.807, 2.05) is 29.3 Å². The van der Waals surface area contributed by atoms with Crippen LogP contribution in [0.25, 0.3) is 0 Å². The lowest BCUT2D eigenvalue weighted by Crippen LogP contribution is -2.36. The Kier molecular flexibility index (Phi) is 4.48. The van der Waals surface area contributed by atoms with Gasteiger partial charge in [0.15, 0.2) is 0 Å². The number of pyridine rings is 1. The molecule has 0 aromatic carbocycles. The highest BCUT2D eigenvalue weighted by atomic mass is 16.5. The van der Waals surface area contributed by atoms with Gasteiger partial charge in [0, 0.05) is 50.4 Å². The van der Waals surface area contributed by atoms with Gasteiger partial charge < -0.3 is 14.2 Å². The Morgan fingerprint density at radius 1 is 1.32 bits per heavy atom. The minimum absolute atomic E-state index is 0.0799. The second-order valence-corrected chi connectivity index (χ2v) is 5.59. The Morgan fingerprint density at radius 3 is 3.00 bits per heavy atom. The second-order valence-electron chi connectivity index (χ2n) is 5.59. The summed E-state index contributed by atoms with van der Waals surface area (Å²) in [6, 6.07) is 5.63. The van der Waals surface area contributed by atoms with E-state index in [0.717, 1.165) is 18.1 Å². The van der Waals surface area contributed by atoms with Crippen LogP contribution >= 0.6 is 0 Å². The van der Waals surface area contributed by atoms with E-state index in [2.05, 4.69) is 14.5 Å². The summed E-state index contributed by atoms with van der Waals surface area (Å²) < 4.78 is 7.40. The molecule has 6 nitrogen and oxygen atoms in total. The Balaban J connectivity index is 1.75. The van der Waals surface area contributed by atoms with Crippen molar-refractivity contribution in [3.05, 3.63) is 48.3 Å². The largest absolute Gasteiger partial charge is 0.384 e. The molecule has 1 atom stereocenters. The van der Waals surface area contributed by atoms with Crippen molar-refractivity contribution in [2.24, 2.45) is 5.92 Å². The first-order chi connectivity index (χ1) is 10.8. The molecule has 0 saturated heterocycles. The van der Waals surface area contributed by atoms with E-state index in [1.54, 1.807) is 19.5 Å². The maximum Gasteiger partial charge on any atom is 0.229 e. The number of carbonyl (C=O) groups is 1. The molecule has 0 N–H and O–H groups in total. The first-order valence-corrected chi connectivity index (χ1v) is 7.43. The minimum Gasteiger partial charge on any atom is -0.384 e. The second kappa shape index (κ2) is 6.70.